The first-order chi connectivity index (χ1) is 42.2. The van der Waals surface area contributed by atoms with Gasteiger partial charge >= 0.3 is 23.9 Å². The summed E-state index contributed by atoms with van der Waals surface area (Å²) in [5, 5.41) is 17.5. The van der Waals surface area contributed by atoms with Crippen molar-refractivity contribution >= 4 is 82.1 Å². The minimum absolute atomic E-state index is 0.0189. The highest BCUT2D eigenvalue weighted by atomic mass is 35.5. The summed E-state index contributed by atoms with van der Waals surface area (Å²) in [6, 6.07) is 4.81. The van der Waals surface area contributed by atoms with Crippen LogP contribution < -0.4 is 26.0 Å². The van der Waals surface area contributed by atoms with Gasteiger partial charge in [0.25, 0.3) is 5.91 Å². The van der Waals surface area contributed by atoms with Gasteiger partial charge in [-0.05, 0) is 127 Å². The Hall–Kier alpha value is -6.39. The van der Waals surface area contributed by atoms with Gasteiger partial charge in [-0.25, -0.2) is 9.59 Å². The lowest BCUT2D eigenvalue weighted by Crippen LogP contribution is -2.53. The number of aliphatic hydroxyl groups is 1. The molecule has 3 heterocycles. The molecule has 3 aliphatic heterocycles. The number of carbonyl (C=O) groups excluding carboxylic acids is 9. The van der Waals surface area contributed by atoms with Gasteiger partial charge in [-0.15, -0.1) is 0 Å². The van der Waals surface area contributed by atoms with Crippen LogP contribution in [0.25, 0.3) is 0 Å². The number of fused-ring (bicyclic) bond motifs is 5. The number of methoxy groups -OCH3 is 2. The lowest BCUT2D eigenvalue weighted by molar-refractivity contribution is -0.187. The van der Waals surface area contributed by atoms with Crippen LogP contribution in [-0.4, -0.2) is 151 Å². The number of urea groups is 1. The molecule has 4 bridgehead atoms. The van der Waals surface area contributed by atoms with Crippen LogP contribution in [-0.2, 0) is 70.1 Å². The summed E-state index contributed by atoms with van der Waals surface area (Å²) in [4.78, 5) is 125. The first-order valence-electron chi connectivity index (χ1n) is 31.2. The highest BCUT2D eigenvalue weighted by Crippen LogP contribution is 2.50. The quantitative estimate of drug-likeness (QED) is 0.0280. The normalized spacial score (nSPS) is 24.1. The number of Topliss-reactive ketones (excluding diaryl/α,β-unsaturated/α-hetero) is 2. The van der Waals surface area contributed by atoms with Crippen molar-refractivity contribution in [3.8, 4) is 5.75 Å². The SMILES string of the molecule is CCC(CC)C(=O)OC(C)(C)CCCCC(=O)C[C@H](C(=O)N[C@@H](CCCNC(N)=O)C(=O)Cc1ccc(C(=O)N(C)[C@@H](C)C(=O)O[C@H]2CC(=O)N(C)c3cc(cc(OC)c3Cl)C/C(C)=C/C=C/[C@@H](OC)[C@]3(O)CC(=O)O[C@@H](C3)[C@@H](C)[C@@H]3O[C@@]23C)c(Cl)c1)C(C)C. The van der Waals surface area contributed by atoms with Crippen molar-refractivity contribution in [3.63, 3.8) is 0 Å². The number of nitrogens with one attached hydrogen (secondary N) is 2. The Morgan fingerprint density at radius 3 is 2.30 bits per heavy atom. The molecule has 0 aromatic heterocycles. The fraction of sp³-hybridized carbons (Fsp3) is 0.627. The number of hydrogen-bond donors (Lipinski definition) is 4. The molecule has 90 heavy (non-hydrogen) atoms. The minimum atomic E-state index is -1.67. The molecule has 21 nitrogen and oxygen atoms in total. The highest BCUT2D eigenvalue weighted by Gasteiger charge is 2.64. The second-order valence-electron chi connectivity index (χ2n) is 25.6. The molecule has 0 saturated carbocycles. The molecule has 2 fully saturated rings. The second-order valence-corrected chi connectivity index (χ2v) is 26.4. The molecular weight excluding hydrogens is 1200 g/mol. The molecule has 2 aromatic rings. The van der Waals surface area contributed by atoms with Crippen molar-refractivity contribution in [2.75, 3.05) is 39.8 Å². The standard InChI is InChI=1S/C67H95Cl2N5O16/c1-15-44(16-2)63(82)90-65(8,9)27-18-17-22-45(75)34-47(38(3)4)60(79)72-49(23-20-28-71-64(70)83)51(76)32-42-25-26-46(48(68)30-42)61(80)73(11)41(7)62(81)88-55-35-56(77)74(12)50-31-43(33-52(85-13)58(50)69)29-39(5)21-19-24-54(86-14)67(84)36-53(87-57(78)37-67)40(6)59-66(55,10)89-59/h19,21,24-26,30-31,33,38,40-41,44,47,49,53-55,59,84H,15-18,20,22-23,27-29,32,34-37H2,1-14H3,(H,72,79)(H3,70,71,83)/b24-19+,39-21+/t40-,41+,47+,49+,53+,54-,55+,59+,66+,67-/m1/s1. The van der Waals surface area contributed by atoms with Crippen LogP contribution in [0.3, 0.4) is 0 Å². The third-order valence-corrected chi connectivity index (χ3v) is 18.5. The van der Waals surface area contributed by atoms with E-state index in [1.807, 2.05) is 54.5 Å². The number of halogens is 2. The number of ketones is 2. The van der Waals surface area contributed by atoms with Gasteiger partial charge in [0.2, 0.25) is 11.8 Å². The van der Waals surface area contributed by atoms with E-state index in [1.54, 1.807) is 38.1 Å². The lowest BCUT2D eigenvalue weighted by Gasteiger charge is -2.41. The molecule has 5 amide bonds. The van der Waals surface area contributed by atoms with E-state index in [9.17, 15) is 48.3 Å². The Morgan fingerprint density at radius 1 is 0.989 bits per heavy atom. The molecule has 3 aliphatic rings. The van der Waals surface area contributed by atoms with Crippen LogP contribution in [0, 0.1) is 23.7 Å². The van der Waals surface area contributed by atoms with E-state index < -0.39 is 113 Å². The molecule has 5 rings (SSSR count). The number of nitrogens with zero attached hydrogens (tertiary/aromatic N) is 2. The van der Waals surface area contributed by atoms with Gasteiger partial charge in [-0.3, -0.25) is 33.6 Å². The number of primary amides is 1. The smallest absolute Gasteiger partial charge is 0.328 e. The summed E-state index contributed by atoms with van der Waals surface area (Å²) in [6.07, 6.45) is 4.46. The monoisotopic (exact) mass is 1300 g/mol. The molecule has 23 heteroatoms. The predicted octanol–water partition coefficient (Wildman–Crippen LogP) is 9.33. The number of nitrogens with two attached hydrogens (primary N) is 1. The fourth-order valence-corrected chi connectivity index (χ4v) is 12.4. The van der Waals surface area contributed by atoms with Gasteiger partial charge < -0.3 is 59.7 Å². The summed E-state index contributed by atoms with van der Waals surface area (Å²) in [7, 11) is 5.81. The van der Waals surface area contributed by atoms with E-state index in [4.69, 9.17) is 57.4 Å². The van der Waals surface area contributed by atoms with Gasteiger partial charge in [-0.2, -0.15) is 0 Å². The number of amides is 5. The zero-order valence-corrected chi connectivity index (χ0v) is 56.3. The number of likely N-dealkylation sites (N-methyl/N-ethyl adjacent to an activating group) is 1. The van der Waals surface area contributed by atoms with Crippen molar-refractivity contribution in [1.82, 2.24) is 15.5 Å². The maximum atomic E-state index is 14.5. The molecule has 10 atom stereocenters. The molecule has 2 saturated heterocycles. The number of anilines is 1. The van der Waals surface area contributed by atoms with Crippen LogP contribution in [0.15, 0.2) is 54.1 Å². The van der Waals surface area contributed by atoms with Crippen LogP contribution in [0.1, 0.15) is 168 Å². The number of carbonyl (C=O) groups is 9. The Morgan fingerprint density at radius 2 is 1.68 bits per heavy atom. The van der Waals surface area contributed by atoms with Crippen molar-refractivity contribution in [3.05, 3.63) is 80.9 Å². The van der Waals surface area contributed by atoms with Crippen LogP contribution in [0.5, 0.6) is 5.75 Å². The minimum Gasteiger partial charge on any atom is -0.495 e. The summed E-state index contributed by atoms with van der Waals surface area (Å²) >= 11 is 13.7. The first-order valence-corrected chi connectivity index (χ1v) is 31.9. The van der Waals surface area contributed by atoms with Crippen LogP contribution in [0.4, 0.5) is 10.5 Å². The third kappa shape index (κ3) is 19.8. The third-order valence-electron chi connectivity index (χ3n) is 17.8. The van der Waals surface area contributed by atoms with Gasteiger partial charge in [-0.1, -0.05) is 87.7 Å². The van der Waals surface area contributed by atoms with E-state index in [0.29, 0.717) is 55.5 Å². The van der Waals surface area contributed by atoms with E-state index in [2.05, 4.69) is 10.6 Å². The average molecular weight is 1300 g/mol. The van der Waals surface area contributed by atoms with E-state index in [-0.39, 0.29) is 90.7 Å². The first kappa shape index (κ1) is 74.3. The van der Waals surface area contributed by atoms with Crippen LogP contribution in [0.2, 0.25) is 10.0 Å². The summed E-state index contributed by atoms with van der Waals surface area (Å²) in [5.74, 6) is -5.49. The van der Waals surface area contributed by atoms with Crippen molar-refractivity contribution in [2.45, 2.75) is 212 Å². The summed E-state index contributed by atoms with van der Waals surface area (Å²) in [6.45, 7) is 18.2. The lowest BCUT2D eigenvalue weighted by atomic mass is 9.78. The molecule has 0 aliphatic carbocycles. The number of unbranched alkanes of at least 4 members (excludes halogenated alkanes) is 1. The summed E-state index contributed by atoms with van der Waals surface area (Å²) < 4.78 is 35.6. The molecule has 5 N–H and O–H groups in total. The maximum Gasteiger partial charge on any atom is 0.328 e. The molecule has 0 radical (unpaired) electrons. The summed E-state index contributed by atoms with van der Waals surface area (Å²) in [5.41, 5.74) is 3.91. The Labute approximate surface area is 540 Å². The Kier molecular flexibility index (Phi) is 27.1. The number of allylic oxidation sites excluding steroid dienone is 3. The largest absolute Gasteiger partial charge is 0.495 e. The van der Waals surface area contributed by atoms with Crippen LogP contribution >= 0.6 is 23.2 Å². The number of benzene rings is 2. The highest BCUT2D eigenvalue weighted by molar-refractivity contribution is 6.35. The second kappa shape index (κ2) is 32.8. The van der Waals surface area contributed by atoms with Gasteiger partial charge in [0.05, 0.1) is 54.3 Å². The van der Waals surface area contributed by atoms with Crippen molar-refractivity contribution in [1.29, 1.82) is 0 Å². The number of hydrogen-bond acceptors (Lipinski definition) is 16. The molecule has 498 valence electrons. The number of rotatable bonds is 27. The molecule has 0 spiro atoms. The van der Waals surface area contributed by atoms with E-state index in [1.165, 1.54) is 58.3 Å². The Balaban J connectivity index is 1.32. The predicted molar refractivity (Wildman–Crippen MR) is 341 cm³/mol. The topological polar surface area (TPSA) is 289 Å². The maximum absolute atomic E-state index is 14.5. The van der Waals surface area contributed by atoms with Gasteiger partial charge in [0.1, 0.15) is 57.7 Å². The zero-order chi connectivity index (χ0) is 67.2. The average Bonchev–Trinajstić information content (AvgIpc) is 1.57. The molecule has 0 unspecified atom stereocenters. The molecule has 2 aromatic carbocycles. The zero-order valence-electron chi connectivity index (χ0n) is 54.8. The van der Waals surface area contributed by atoms with Gasteiger partial charge in [0.15, 0.2) is 5.78 Å². The number of esters is 3. The Bertz CT molecular complexity index is 3000. The van der Waals surface area contributed by atoms with Gasteiger partial charge in [0, 0.05) is 65.3 Å². The van der Waals surface area contributed by atoms with E-state index in [0.717, 1.165) is 16.0 Å². The number of ether oxygens (including phenoxy) is 6. The van der Waals surface area contributed by atoms with Crippen molar-refractivity contribution in [2.24, 2.45) is 29.4 Å². The van der Waals surface area contributed by atoms with Crippen molar-refractivity contribution < 1.29 is 76.7 Å². The number of epoxide rings is 1. The van der Waals surface area contributed by atoms with E-state index >= 15 is 0 Å². The molecular formula is C67H95Cl2N5O16. The fourth-order valence-electron chi connectivity index (χ4n) is 11.8.